The van der Waals surface area contributed by atoms with Crippen molar-refractivity contribution in [2.45, 2.75) is 45.2 Å². The van der Waals surface area contributed by atoms with E-state index >= 15 is 0 Å². The molecule has 2 aromatic carbocycles. The van der Waals surface area contributed by atoms with Crippen LogP contribution in [0.15, 0.2) is 42.6 Å². The topological polar surface area (TPSA) is 63.2 Å². The van der Waals surface area contributed by atoms with E-state index in [1.807, 2.05) is 6.20 Å². The highest BCUT2D eigenvalue weighted by Gasteiger charge is 2.34. The molecule has 6 nitrogen and oxygen atoms in total. The van der Waals surface area contributed by atoms with Gasteiger partial charge in [0, 0.05) is 42.5 Å². The Bertz CT molecular complexity index is 1350. The Kier molecular flexibility index (Phi) is 4.91. The van der Waals surface area contributed by atoms with Gasteiger partial charge in [-0.1, -0.05) is 43.3 Å². The number of pyridine rings is 1. The monoisotopic (exact) mass is 439 g/mol. The lowest BCUT2D eigenvalue weighted by Gasteiger charge is -2.34. The number of hydrogen-bond donors (Lipinski definition) is 1. The number of ether oxygens (including phenoxy) is 1. The van der Waals surface area contributed by atoms with Crippen LogP contribution in [0.3, 0.4) is 0 Å². The lowest BCUT2D eigenvalue weighted by Crippen LogP contribution is -2.51. The molecular formula is C27H29N5O. The molecule has 0 amide bonds. The maximum Gasteiger partial charge on any atom is 0.318 e. The molecule has 168 valence electrons. The van der Waals surface area contributed by atoms with E-state index in [0.717, 1.165) is 53.1 Å². The van der Waals surface area contributed by atoms with Crippen molar-refractivity contribution >= 4 is 27.5 Å². The van der Waals surface area contributed by atoms with Crippen LogP contribution in [0.1, 0.15) is 30.9 Å². The molecule has 2 bridgehead atoms. The number of hydrogen-bond acceptors (Lipinski definition) is 6. The second-order valence-electron chi connectivity index (χ2n) is 9.26. The van der Waals surface area contributed by atoms with Crippen LogP contribution in [-0.2, 0) is 6.42 Å². The van der Waals surface area contributed by atoms with Gasteiger partial charge < -0.3 is 15.0 Å². The molecular weight excluding hydrogens is 410 g/mol. The van der Waals surface area contributed by atoms with Gasteiger partial charge in [0.2, 0.25) is 0 Å². The number of anilines is 1. The molecule has 2 atom stereocenters. The predicted octanol–water partition coefficient (Wildman–Crippen LogP) is 4.67. The quantitative estimate of drug-likeness (QED) is 0.499. The third-order valence-corrected chi connectivity index (χ3v) is 7.22. The molecule has 0 radical (unpaired) electrons. The highest BCUT2D eigenvalue weighted by atomic mass is 16.5. The summed E-state index contributed by atoms with van der Waals surface area (Å²) in [5.41, 5.74) is 5.49. The largest absolute Gasteiger partial charge is 0.467 e. The number of rotatable bonds is 4. The van der Waals surface area contributed by atoms with Gasteiger partial charge in [-0.15, -0.1) is 0 Å². The maximum absolute atomic E-state index is 5.57. The number of aryl methyl sites for hydroxylation is 2. The zero-order valence-electron chi connectivity index (χ0n) is 19.4. The molecule has 2 fully saturated rings. The van der Waals surface area contributed by atoms with Crippen molar-refractivity contribution in [1.29, 1.82) is 0 Å². The zero-order chi connectivity index (χ0) is 22.5. The number of fused-ring (bicyclic) bond motifs is 4. The van der Waals surface area contributed by atoms with Crippen LogP contribution >= 0.6 is 0 Å². The zero-order valence-corrected chi connectivity index (χ0v) is 19.4. The Labute approximate surface area is 194 Å². The molecule has 6 rings (SSSR count). The summed E-state index contributed by atoms with van der Waals surface area (Å²) in [6, 6.07) is 14.4. The van der Waals surface area contributed by atoms with E-state index in [0.29, 0.717) is 18.1 Å². The molecule has 2 saturated heterocycles. The Hall–Kier alpha value is -3.25. The van der Waals surface area contributed by atoms with E-state index < -0.39 is 0 Å². The lowest BCUT2D eigenvalue weighted by atomic mass is 9.94. The molecule has 33 heavy (non-hydrogen) atoms. The molecule has 1 N–H and O–H groups in total. The fourth-order valence-corrected chi connectivity index (χ4v) is 5.70. The van der Waals surface area contributed by atoms with Crippen molar-refractivity contribution in [3.8, 4) is 17.3 Å². The van der Waals surface area contributed by atoms with Crippen LogP contribution in [0.25, 0.3) is 32.9 Å². The molecule has 6 heteroatoms. The molecule has 2 aliphatic heterocycles. The Morgan fingerprint density at radius 1 is 1.06 bits per heavy atom. The van der Waals surface area contributed by atoms with Crippen LogP contribution in [-0.4, -0.2) is 47.2 Å². The predicted molar refractivity (Wildman–Crippen MR) is 133 cm³/mol. The van der Waals surface area contributed by atoms with Crippen molar-refractivity contribution in [3.05, 3.63) is 53.7 Å². The average molecular weight is 440 g/mol. The number of benzene rings is 2. The minimum atomic E-state index is 0.421. The van der Waals surface area contributed by atoms with Gasteiger partial charge in [0.1, 0.15) is 5.82 Å². The highest BCUT2D eigenvalue weighted by Crippen LogP contribution is 2.37. The van der Waals surface area contributed by atoms with E-state index in [4.69, 9.17) is 19.7 Å². The number of nitrogens with one attached hydrogen (secondary N) is 1. The molecule has 2 aromatic heterocycles. The van der Waals surface area contributed by atoms with E-state index in [-0.39, 0.29) is 0 Å². The summed E-state index contributed by atoms with van der Waals surface area (Å²) in [5, 5.41) is 7.20. The van der Waals surface area contributed by atoms with Gasteiger partial charge in [0.25, 0.3) is 0 Å². The number of piperazine rings is 1. The normalized spacial score (nSPS) is 20.0. The molecule has 2 aliphatic rings. The van der Waals surface area contributed by atoms with Gasteiger partial charge in [0.15, 0.2) is 0 Å². The SMILES string of the molecule is CCc1c(-c2cccc3cccc(C)c23)ncc2c(N3CC4CCC(C3)N4)nc(OC)nc12. The van der Waals surface area contributed by atoms with Crippen LogP contribution in [0.5, 0.6) is 6.01 Å². The van der Waals surface area contributed by atoms with Crippen molar-refractivity contribution in [2.75, 3.05) is 25.1 Å². The fourth-order valence-electron chi connectivity index (χ4n) is 5.70. The summed E-state index contributed by atoms with van der Waals surface area (Å²) >= 11 is 0. The van der Waals surface area contributed by atoms with Crippen LogP contribution in [0, 0.1) is 6.92 Å². The summed E-state index contributed by atoms with van der Waals surface area (Å²) in [5.74, 6) is 0.943. The van der Waals surface area contributed by atoms with Gasteiger partial charge in [-0.05, 0) is 42.5 Å². The lowest BCUT2D eigenvalue weighted by molar-refractivity contribution is 0.380. The molecule has 0 spiro atoms. The summed E-state index contributed by atoms with van der Waals surface area (Å²) < 4.78 is 5.57. The third kappa shape index (κ3) is 3.32. The second kappa shape index (κ2) is 7.96. The number of methoxy groups -OCH3 is 1. The van der Waals surface area contributed by atoms with Crippen molar-refractivity contribution in [2.24, 2.45) is 0 Å². The highest BCUT2D eigenvalue weighted by molar-refractivity contribution is 6.02. The van der Waals surface area contributed by atoms with Crippen molar-refractivity contribution in [1.82, 2.24) is 20.3 Å². The first-order valence-corrected chi connectivity index (χ1v) is 11.9. The third-order valence-electron chi connectivity index (χ3n) is 7.22. The van der Waals surface area contributed by atoms with Crippen LogP contribution in [0.4, 0.5) is 5.82 Å². The number of aromatic nitrogens is 3. The van der Waals surface area contributed by atoms with E-state index in [1.165, 1.54) is 29.2 Å². The van der Waals surface area contributed by atoms with Crippen LogP contribution < -0.4 is 15.0 Å². The fraction of sp³-hybridized carbons (Fsp3) is 0.370. The minimum absolute atomic E-state index is 0.421. The molecule has 0 aliphatic carbocycles. The second-order valence-corrected chi connectivity index (χ2v) is 9.26. The first kappa shape index (κ1) is 20.4. The Balaban J connectivity index is 1.58. The van der Waals surface area contributed by atoms with Gasteiger partial charge in [-0.25, -0.2) is 0 Å². The first-order chi connectivity index (χ1) is 16.2. The Morgan fingerprint density at radius 3 is 2.55 bits per heavy atom. The summed E-state index contributed by atoms with van der Waals surface area (Å²) in [6.07, 6.45) is 5.25. The van der Waals surface area contributed by atoms with Crippen molar-refractivity contribution < 1.29 is 4.74 Å². The van der Waals surface area contributed by atoms with E-state index in [2.05, 4.69) is 60.5 Å². The minimum Gasteiger partial charge on any atom is -0.467 e. The summed E-state index contributed by atoms with van der Waals surface area (Å²) in [7, 11) is 1.65. The van der Waals surface area contributed by atoms with Crippen molar-refractivity contribution in [3.63, 3.8) is 0 Å². The van der Waals surface area contributed by atoms with E-state index in [1.54, 1.807) is 7.11 Å². The molecule has 4 heterocycles. The van der Waals surface area contributed by atoms with Gasteiger partial charge in [0.05, 0.1) is 23.7 Å². The Morgan fingerprint density at radius 2 is 1.82 bits per heavy atom. The van der Waals surface area contributed by atoms with Gasteiger partial charge in [-0.3, -0.25) is 4.98 Å². The van der Waals surface area contributed by atoms with Crippen LogP contribution in [0.2, 0.25) is 0 Å². The maximum atomic E-state index is 5.57. The van der Waals surface area contributed by atoms with E-state index in [9.17, 15) is 0 Å². The smallest absolute Gasteiger partial charge is 0.318 e. The summed E-state index contributed by atoms with van der Waals surface area (Å²) in [6.45, 7) is 6.26. The first-order valence-electron chi connectivity index (χ1n) is 11.9. The van der Waals surface area contributed by atoms with Gasteiger partial charge >= 0.3 is 6.01 Å². The molecule has 2 unspecified atom stereocenters. The van der Waals surface area contributed by atoms with Gasteiger partial charge in [-0.2, -0.15) is 9.97 Å². The molecule has 0 saturated carbocycles. The standard InChI is InChI=1S/C27H29N5O/c1-4-20-24(21-10-6-9-17-8-5-7-16(2)23(17)21)28-13-22-25(20)30-27(33-3)31-26(22)32-14-18-11-12-19(15-32)29-18/h5-10,13,18-19,29H,4,11-12,14-15H2,1-3H3. The molecule has 4 aromatic rings. The number of nitrogens with zero attached hydrogens (tertiary/aromatic N) is 4. The average Bonchev–Trinajstić information content (AvgIpc) is 3.19. The summed E-state index contributed by atoms with van der Waals surface area (Å²) in [4.78, 5) is 17.1.